The molecular formula is C10H18N2O4. The van der Waals surface area contributed by atoms with Crippen molar-refractivity contribution in [3.63, 3.8) is 0 Å². The van der Waals surface area contributed by atoms with Crippen LogP contribution in [0.2, 0.25) is 0 Å². The number of carboxylic acids is 1. The third-order valence-electron chi connectivity index (χ3n) is 2.09. The fourth-order valence-corrected chi connectivity index (χ4v) is 1.42. The third-order valence-corrected chi connectivity index (χ3v) is 2.09. The Morgan fingerprint density at radius 3 is 2.31 bits per heavy atom. The van der Waals surface area contributed by atoms with E-state index in [1.54, 1.807) is 20.8 Å². The van der Waals surface area contributed by atoms with E-state index in [9.17, 15) is 9.59 Å². The normalized spacial score (nSPS) is 26.2. The molecule has 0 aliphatic carbocycles. The molecule has 1 saturated heterocycles. The maximum atomic E-state index is 11.7. The van der Waals surface area contributed by atoms with Crippen LogP contribution in [0, 0.1) is 0 Å². The van der Waals surface area contributed by atoms with Gasteiger partial charge in [0.25, 0.3) is 0 Å². The van der Waals surface area contributed by atoms with E-state index >= 15 is 0 Å². The summed E-state index contributed by atoms with van der Waals surface area (Å²) in [5, 5.41) is 14.4. The van der Waals surface area contributed by atoms with Crippen molar-refractivity contribution in [1.82, 2.24) is 10.6 Å². The zero-order chi connectivity index (χ0) is 12.3. The Hall–Kier alpha value is -1.14. The standard InChI is InChI=1S/C10H18N2O4/c1-10(2,3)16-9(15)7-5-11-4-6(12-7)8(13)14/h6-7,11-12H,4-5H2,1-3H3,(H,13,14)/t6-,7+/m1/s1. The summed E-state index contributed by atoms with van der Waals surface area (Å²) in [7, 11) is 0. The minimum absolute atomic E-state index is 0.314. The molecule has 1 fully saturated rings. The lowest BCUT2D eigenvalue weighted by Crippen LogP contribution is -2.61. The van der Waals surface area contributed by atoms with Crippen LogP contribution >= 0.6 is 0 Å². The molecule has 1 heterocycles. The van der Waals surface area contributed by atoms with Gasteiger partial charge in [0.1, 0.15) is 17.7 Å². The summed E-state index contributed by atoms with van der Waals surface area (Å²) in [6.07, 6.45) is 0. The first-order valence-electron chi connectivity index (χ1n) is 5.22. The predicted octanol–water partition coefficient (Wildman–Crippen LogP) is -0.657. The summed E-state index contributed by atoms with van der Waals surface area (Å²) in [6.45, 7) is 6.02. The number of rotatable bonds is 2. The van der Waals surface area contributed by atoms with E-state index in [-0.39, 0.29) is 0 Å². The van der Waals surface area contributed by atoms with Gasteiger partial charge >= 0.3 is 11.9 Å². The summed E-state index contributed by atoms with van der Waals surface area (Å²) in [5.74, 6) is -1.40. The number of aliphatic carboxylic acids is 1. The zero-order valence-electron chi connectivity index (χ0n) is 9.74. The Bertz CT molecular complexity index is 285. The second-order valence-electron chi connectivity index (χ2n) is 4.80. The molecule has 0 bridgehead atoms. The number of carbonyl (C=O) groups is 2. The van der Waals surface area contributed by atoms with E-state index in [0.29, 0.717) is 13.1 Å². The molecule has 1 aliphatic rings. The van der Waals surface area contributed by atoms with E-state index < -0.39 is 29.6 Å². The molecule has 0 unspecified atom stereocenters. The van der Waals surface area contributed by atoms with Gasteiger partial charge in [-0.05, 0) is 20.8 Å². The highest BCUT2D eigenvalue weighted by Crippen LogP contribution is 2.09. The van der Waals surface area contributed by atoms with Gasteiger partial charge in [0.15, 0.2) is 0 Å². The van der Waals surface area contributed by atoms with Crippen molar-refractivity contribution in [2.75, 3.05) is 13.1 Å². The fourth-order valence-electron chi connectivity index (χ4n) is 1.42. The minimum Gasteiger partial charge on any atom is -0.480 e. The molecule has 2 atom stereocenters. The molecule has 0 aromatic carbocycles. The summed E-state index contributed by atoms with van der Waals surface area (Å²) < 4.78 is 5.17. The van der Waals surface area contributed by atoms with Crippen LogP contribution in [0.1, 0.15) is 20.8 Å². The van der Waals surface area contributed by atoms with Crippen LogP contribution in [-0.4, -0.2) is 47.8 Å². The second-order valence-corrected chi connectivity index (χ2v) is 4.80. The average Bonchev–Trinajstić information content (AvgIpc) is 2.15. The number of carboxylic acid groups (broad SMARTS) is 1. The molecule has 1 rings (SSSR count). The number of hydrogen-bond donors (Lipinski definition) is 3. The number of esters is 1. The second kappa shape index (κ2) is 4.80. The minimum atomic E-state index is -0.972. The van der Waals surface area contributed by atoms with Gasteiger partial charge < -0.3 is 15.2 Å². The van der Waals surface area contributed by atoms with Gasteiger partial charge in [-0.15, -0.1) is 0 Å². The summed E-state index contributed by atoms with van der Waals surface area (Å²) >= 11 is 0. The van der Waals surface area contributed by atoms with Crippen molar-refractivity contribution in [2.24, 2.45) is 0 Å². The van der Waals surface area contributed by atoms with E-state index in [1.165, 1.54) is 0 Å². The topological polar surface area (TPSA) is 87.7 Å². The molecule has 0 radical (unpaired) electrons. The van der Waals surface area contributed by atoms with Crippen LogP contribution < -0.4 is 10.6 Å². The maximum absolute atomic E-state index is 11.7. The highest BCUT2D eigenvalue weighted by molar-refractivity contribution is 5.80. The molecule has 0 saturated carbocycles. The molecule has 6 heteroatoms. The first-order valence-corrected chi connectivity index (χ1v) is 5.22. The number of piperazine rings is 1. The number of carbonyl (C=O) groups excluding carboxylic acids is 1. The van der Waals surface area contributed by atoms with Gasteiger partial charge in [0.05, 0.1) is 0 Å². The van der Waals surface area contributed by atoms with Crippen molar-refractivity contribution in [3.05, 3.63) is 0 Å². The van der Waals surface area contributed by atoms with Crippen molar-refractivity contribution in [1.29, 1.82) is 0 Å². The first kappa shape index (κ1) is 12.9. The Balaban J connectivity index is 2.54. The lowest BCUT2D eigenvalue weighted by atomic mass is 10.1. The quantitative estimate of drug-likeness (QED) is 0.546. The summed E-state index contributed by atoms with van der Waals surface area (Å²) in [6, 6.07) is -1.35. The van der Waals surface area contributed by atoms with E-state index in [2.05, 4.69) is 10.6 Å². The van der Waals surface area contributed by atoms with Crippen molar-refractivity contribution in [2.45, 2.75) is 38.5 Å². The first-order chi connectivity index (χ1) is 7.29. The molecule has 0 aromatic heterocycles. The van der Waals surface area contributed by atoms with E-state index in [1.807, 2.05) is 0 Å². The summed E-state index contributed by atoms with van der Waals surface area (Å²) in [5.41, 5.74) is -0.561. The van der Waals surface area contributed by atoms with E-state index in [0.717, 1.165) is 0 Å². The predicted molar refractivity (Wildman–Crippen MR) is 57.1 cm³/mol. The molecule has 3 N–H and O–H groups in total. The number of ether oxygens (including phenoxy) is 1. The molecule has 92 valence electrons. The lowest BCUT2D eigenvalue weighted by Gasteiger charge is -2.30. The monoisotopic (exact) mass is 230 g/mol. The smallest absolute Gasteiger partial charge is 0.325 e. The Labute approximate surface area is 94.3 Å². The molecule has 0 aromatic rings. The van der Waals surface area contributed by atoms with Gasteiger partial charge in [-0.25, -0.2) is 0 Å². The van der Waals surface area contributed by atoms with Gasteiger partial charge in [0, 0.05) is 13.1 Å². The fraction of sp³-hybridized carbons (Fsp3) is 0.800. The Morgan fingerprint density at radius 1 is 1.25 bits per heavy atom. The zero-order valence-corrected chi connectivity index (χ0v) is 9.74. The van der Waals surface area contributed by atoms with Crippen molar-refractivity contribution >= 4 is 11.9 Å². The molecule has 6 nitrogen and oxygen atoms in total. The van der Waals surface area contributed by atoms with Crippen molar-refractivity contribution in [3.8, 4) is 0 Å². The number of nitrogens with one attached hydrogen (secondary N) is 2. The van der Waals surface area contributed by atoms with Gasteiger partial charge in [-0.3, -0.25) is 14.9 Å². The lowest BCUT2D eigenvalue weighted by molar-refractivity contribution is -0.158. The molecule has 16 heavy (non-hydrogen) atoms. The van der Waals surface area contributed by atoms with Crippen LogP contribution in [0.15, 0.2) is 0 Å². The van der Waals surface area contributed by atoms with Crippen LogP contribution in [0.4, 0.5) is 0 Å². The maximum Gasteiger partial charge on any atom is 0.325 e. The molecule has 0 amide bonds. The molecule has 1 aliphatic heterocycles. The highest BCUT2D eigenvalue weighted by Gasteiger charge is 2.32. The average molecular weight is 230 g/mol. The van der Waals surface area contributed by atoms with Crippen LogP contribution in [0.5, 0.6) is 0 Å². The van der Waals surface area contributed by atoms with E-state index in [4.69, 9.17) is 9.84 Å². The van der Waals surface area contributed by atoms with Crippen LogP contribution in [0.25, 0.3) is 0 Å². The molecular weight excluding hydrogens is 212 g/mol. The highest BCUT2D eigenvalue weighted by atomic mass is 16.6. The Kier molecular flexibility index (Phi) is 3.88. The third kappa shape index (κ3) is 3.79. The van der Waals surface area contributed by atoms with Gasteiger partial charge in [0.2, 0.25) is 0 Å². The van der Waals surface area contributed by atoms with Crippen LogP contribution in [0.3, 0.4) is 0 Å². The van der Waals surface area contributed by atoms with Crippen molar-refractivity contribution < 1.29 is 19.4 Å². The largest absolute Gasteiger partial charge is 0.480 e. The SMILES string of the molecule is CC(C)(C)OC(=O)[C@@H]1CNC[C@H](C(=O)O)N1. The van der Waals surface area contributed by atoms with Gasteiger partial charge in [-0.2, -0.15) is 0 Å². The molecule has 0 spiro atoms. The van der Waals surface area contributed by atoms with Gasteiger partial charge in [-0.1, -0.05) is 0 Å². The van der Waals surface area contributed by atoms with Crippen LogP contribution in [-0.2, 0) is 14.3 Å². The Morgan fingerprint density at radius 2 is 1.81 bits per heavy atom. The summed E-state index contributed by atoms with van der Waals surface area (Å²) in [4.78, 5) is 22.4. The number of hydrogen-bond acceptors (Lipinski definition) is 5.